The number of carbonyl (C=O) groups is 2. The summed E-state index contributed by atoms with van der Waals surface area (Å²) in [6.07, 6.45) is 0.690. The maximum atomic E-state index is 13.8. The Bertz CT molecular complexity index is 827. The summed E-state index contributed by atoms with van der Waals surface area (Å²) in [4.78, 5) is 26.1. The Kier molecular flexibility index (Phi) is 5.66. The highest BCUT2D eigenvalue weighted by atomic mass is 79.9. The fourth-order valence-corrected chi connectivity index (χ4v) is 3.24. The van der Waals surface area contributed by atoms with Crippen LogP contribution in [-0.2, 0) is 16.0 Å². The summed E-state index contributed by atoms with van der Waals surface area (Å²) in [7, 11) is 0. The van der Waals surface area contributed by atoms with E-state index in [1.807, 2.05) is 0 Å². The first kappa shape index (κ1) is 18.5. The molecule has 3 rings (SSSR count). The molecule has 0 aliphatic carbocycles. The summed E-state index contributed by atoms with van der Waals surface area (Å²) in [5.74, 6) is -1.83. The lowest BCUT2D eigenvalue weighted by molar-refractivity contribution is -0.128. The van der Waals surface area contributed by atoms with Crippen molar-refractivity contribution in [3.63, 3.8) is 0 Å². The van der Waals surface area contributed by atoms with Gasteiger partial charge in [0.05, 0.1) is 11.6 Å². The van der Waals surface area contributed by atoms with E-state index in [4.69, 9.17) is 0 Å². The summed E-state index contributed by atoms with van der Waals surface area (Å²) in [5, 5.41) is 2.55. The first-order chi connectivity index (χ1) is 12.4. The van der Waals surface area contributed by atoms with Crippen LogP contribution in [0.5, 0.6) is 0 Å². The number of anilines is 1. The number of rotatable bonds is 5. The van der Waals surface area contributed by atoms with Crippen molar-refractivity contribution in [2.75, 3.05) is 18.4 Å². The van der Waals surface area contributed by atoms with Crippen LogP contribution in [0.4, 0.5) is 14.5 Å². The van der Waals surface area contributed by atoms with Crippen molar-refractivity contribution in [2.24, 2.45) is 5.92 Å². The second-order valence-corrected chi connectivity index (χ2v) is 7.15. The predicted molar refractivity (Wildman–Crippen MR) is 97.5 cm³/mol. The summed E-state index contributed by atoms with van der Waals surface area (Å²) in [6.45, 7) is 0.755. The van der Waals surface area contributed by atoms with Crippen LogP contribution in [0.2, 0.25) is 0 Å². The van der Waals surface area contributed by atoms with E-state index in [1.165, 1.54) is 24.3 Å². The number of hydrogen-bond donors (Lipinski definition) is 1. The number of likely N-dealkylation sites (tertiary alicyclic amines) is 1. The molecule has 7 heteroatoms. The third-order valence-electron chi connectivity index (χ3n) is 4.36. The van der Waals surface area contributed by atoms with Gasteiger partial charge in [0.25, 0.3) is 0 Å². The predicted octanol–water partition coefficient (Wildman–Crippen LogP) is 3.76. The van der Waals surface area contributed by atoms with Gasteiger partial charge in [-0.3, -0.25) is 9.59 Å². The van der Waals surface area contributed by atoms with Gasteiger partial charge in [-0.2, -0.15) is 0 Å². The normalized spacial score (nSPS) is 16.8. The van der Waals surface area contributed by atoms with Crippen molar-refractivity contribution in [3.8, 4) is 0 Å². The van der Waals surface area contributed by atoms with Gasteiger partial charge in [-0.25, -0.2) is 8.78 Å². The standard InChI is InChI=1S/C19H17BrF2N2O2/c20-14-3-6-17(16(22)10-14)23-19(26)13-9-18(25)24(11-13)8-7-12-1-4-15(21)5-2-12/h1-6,10,13H,7-9,11H2,(H,23,26). The van der Waals surface area contributed by atoms with E-state index in [0.717, 1.165) is 5.56 Å². The monoisotopic (exact) mass is 422 g/mol. The van der Waals surface area contributed by atoms with E-state index < -0.39 is 11.7 Å². The quantitative estimate of drug-likeness (QED) is 0.797. The van der Waals surface area contributed by atoms with Gasteiger partial charge in [0, 0.05) is 24.0 Å². The summed E-state index contributed by atoms with van der Waals surface area (Å²) in [6, 6.07) is 10.5. The number of nitrogens with one attached hydrogen (secondary N) is 1. The molecule has 0 radical (unpaired) electrons. The van der Waals surface area contributed by atoms with Gasteiger partial charge in [-0.15, -0.1) is 0 Å². The van der Waals surface area contributed by atoms with Gasteiger partial charge >= 0.3 is 0 Å². The van der Waals surface area contributed by atoms with Crippen LogP contribution in [0.1, 0.15) is 12.0 Å². The molecule has 1 unspecified atom stereocenters. The molecule has 1 aliphatic heterocycles. The van der Waals surface area contributed by atoms with Crippen LogP contribution in [0.15, 0.2) is 46.9 Å². The molecule has 26 heavy (non-hydrogen) atoms. The lowest BCUT2D eigenvalue weighted by Crippen LogP contribution is -2.30. The molecule has 2 aromatic carbocycles. The fourth-order valence-electron chi connectivity index (χ4n) is 2.90. The number of amides is 2. The Labute approximate surface area is 158 Å². The molecule has 1 fully saturated rings. The number of hydrogen-bond acceptors (Lipinski definition) is 2. The largest absolute Gasteiger partial charge is 0.342 e. The average molecular weight is 423 g/mol. The molecule has 4 nitrogen and oxygen atoms in total. The van der Waals surface area contributed by atoms with E-state index in [9.17, 15) is 18.4 Å². The SMILES string of the molecule is O=C(Nc1ccc(Br)cc1F)C1CC(=O)N(CCc2ccc(F)cc2)C1. The molecule has 0 bridgehead atoms. The van der Waals surface area contributed by atoms with Crippen molar-refractivity contribution in [2.45, 2.75) is 12.8 Å². The van der Waals surface area contributed by atoms with E-state index in [1.54, 1.807) is 23.1 Å². The maximum Gasteiger partial charge on any atom is 0.229 e. The van der Waals surface area contributed by atoms with Crippen molar-refractivity contribution >= 4 is 33.4 Å². The molecule has 2 aromatic rings. The Morgan fingerprint density at radius 2 is 1.92 bits per heavy atom. The lowest BCUT2D eigenvalue weighted by Gasteiger charge is -2.16. The molecule has 0 saturated carbocycles. The smallest absolute Gasteiger partial charge is 0.229 e. The number of carbonyl (C=O) groups excluding carboxylic acids is 2. The third-order valence-corrected chi connectivity index (χ3v) is 4.85. The molecular formula is C19H17BrF2N2O2. The summed E-state index contributed by atoms with van der Waals surface area (Å²) >= 11 is 3.16. The highest BCUT2D eigenvalue weighted by molar-refractivity contribution is 9.10. The van der Waals surface area contributed by atoms with Crippen LogP contribution in [0.3, 0.4) is 0 Å². The molecular weight excluding hydrogens is 406 g/mol. The molecule has 0 aromatic heterocycles. The molecule has 0 spiro atoms. The van der Waals surface area contributed by atoms with Gasteiger partial charge in [-0.1, -0.05) is 28.1 Å². The maximum absolute atomic E-state index is 13.8. The van der Waals surface area contributed by atoms with Gasteiger partial charge in [0.15, 0.2) is 0 Å². The number of benzene rings is 2. The van der Waals surface area contributed by atoms with E-state index in [2.05, 4.69) is 21.2 Å². The third kappa shape index (κ3) is 4.46. The number of halogens is 3. The second-order valence-electron chi connectivity index (χ2n) is 6.23. The summed E-state index contributed by atoms with van der Waals surface area (Å²) in [5.41, 5.74) is 1.01. The van der Waals surface area contributed by atoms with Crippen molar-refractivity contribution < 1.29 is 18.4 Å². The zero-order valence-corrected chi connectivity index (χ0v) is 15.4. The molecule has 1 aliphatic rings. The van der Waals surface area contributed by atoms with E-state index in [0.29, 0.717) is 24.0 Å². The van der Waals surface area contributed by atoms with E-state index in [-0.39, 0.29) is 29.7 Å². The molecule has 1 heterocycles. The highest BCUT2D eigenvalue weighted by Gasteiger charge is 2.34. The van der Waals surface area contributed by atoms with Gasteiger partial charge < -0.3 is 10.2 Å². The van der Waals surface area contributed by atoms with E-state index >= 15 is 0 Å². The summed E-state index contributed by atoms with van der Waals surface area (Å²) < 4.78 is 27.3. The van der Waals surface area contributed by atoms with Crippen LogP contribution in [-0.4, -0.2) is 29.8 Å². The fraction of sp³-hybridized carbons (Fsp3) is 0.263. The Morgan fingerprint density at radius 3 is 2.62 bits per heavy atom. The second kappa shape index (κ2) is 7.95. The average Bonchev–Trinajstić information content (AvgIpc) is 2.98. The minimum absolute atomic E-state index is 0.0930. The lowest BCUT2D eigenvalue weighted by atomic mass is 10.1. The van der Waals surface area contributed by atoms with Crippen molar-refractivity contribution in [1.29, 1.82) is 0 Å². The Morgan fingerprint density at radius 1 is 1.19 bits per heavy atom. The van der Waals surface area contributed by atoms with Gasteiger partial charge in [0.1, 0.15) is 11.6 Å². The van der Waals surface area contributed by atoms with Crippen molar-refractivity contribution in [3.05, 3.63) is 64.1 Å². The van der Waals surface area contributed by atoms with Crippen LogP contribution >= 0.6 is 15.9 Å². The van der Waals surface area contributed by atoms with Gasteiger partial charge in [0.2, 0.25) is 11.8 Å². The molecule has 1 N–H and O–H groups in total. The Hall–Kier alpha value is -2.28. The van der Waals surface area contributed by atoms with Gasteiger partial charge in [-0.05, 0) is 42.3 Å². The minimum Gasteiger partial charge on any atom is -0.342 e. The van der Waals surface area contributed by atoms with Crippen LogP contribution < -0.4 is 5.32 Å². The first-order valence-corrected chi connectivity index (χ1v) is 9.00. The zero-order valence-electron chi connectivity index (χ0n) is 13.8. The number of nitrogens with zero attached hydrogens (tertiary/aromatic N) is 1. The topological polar surface area (TPSA) is 49.4 Å². The minimum atomic E-state index is -0.537. The zero-order chi connectivity index (χ0) is 18.7. The molecule has 2 amide bonds. The first-order valence-electron chi connectivity index (χ1n) is 8.20. The van der Waals surface area contributed by atoms with Crippen LogP contribution in [0.25, 0.3) is 0 Å². The molecule has 1 saturated heterocycles. The highest BCUT2D eigenvalue weighted by Crippen LogP contribution is 2.23. The molecule has 1 atom stereocenters. The Balaban J connectivity index is 1.56. The van der Waals surface area contributed by atoms with Crippen LogP contribution in [0, 0.1) is 17.6 Å². The van der Waals surface area contributed by atoms with Crippen molar-refractivity contribution in [1.82, 2.24) is 4.90 Å². The molecule has 136 valence electrons.